The van der Waals surface area contributed by atoms with E-state index in [4.69, 9.17) is 0 Å². The van der Waals surface area contributed by atoms with E-state index in [1.54, 1.807) is 12.4 Å². The van der Waals surface area contributed by atoms with Crippen LogP contribution in [0.25, 0.3) is 16.8 Å². The third-order valence-electron chi connectivity index (χ3n) is 4.46. The Morgan fingerprint density at radius 2 is 1.56 bits per heavy atom. The van der Waals surface area contributed by atoms with E-state index in [-0.39, 0.29) is 0 Å². The number of alkyl halides is 3. The van der Waals surface area contributed by atoms with Crippen molar-refractivity contribution in [3.63, 3.8) is 0 Å². The number of aromatic nitrogens is 3. The van der Waals surface area contributed by atoms with Gasteiger partial charge in [-0.1, -0.05) is 12.1 Å². The molecule has 3 aromatic rings. The van der Waals surface area contributed by atoms with Gasteiger partial charge in [0.1, 0.15) is 5.69 Å². The topological polar surface area (TPSA) is 34.0 Å². The molecule has 1 aliphatic rings. The van der Waals surface area contributed by atoms with E-state index < -0.39 is 11.9 Å². The standard InChI is InChI=1S/C19H17F3N4S/c20-19(21,22)18-6-5-17(12-23-18)26-13-15(11-24-26)14-1-3-16(4-2-14)25-7-9-27-10-8-25/h1-6,11-13H,7-10H2. The minimum absolute atomic E-state index is 0.483. The zero-order chi connectivity index (χ0) is 18.9. The minimum atomic E-state index is -4.44. The number of halogens is 3. The minimum Gasteiger partial charge on any atom is -0.370 e. The van der Waals surface area contributed by atoms with Gasteiger partial charge in [0, 0.05) is 42.0 Å². The van der Waals surface area contributed by atoms with Crippen LogP contribution in [-0.2, 0) is 6.18 Å². The molecule has 0 radical (unpaired) electrons. The quantitative estimate of drug-likeness (QED) is 0.659. The van der Waals surface area contributed by atoms with Crippen LogP contribution < -0.4 is 4.90 Å². The Kier molecular flexibility index (Phi) is 4.82. The number of hydrogen-bond acceptors (Lipinski definition) is 4. The molecule has 0 saturated carbocycles. The van der Waals surface area contributed by atoms with E-state index in [0.717, 1.165) is 41.8 Å². The van der Waals surface area contributed by atoms with Crippen molar-refractivity contribution in [2.24, 2.45) is 0 Å². The third kappa shape index (κ3) is 3.95. The second kappa shape index (κ2) is 7.26. The maximum absolute atomic E-state index is 12.6. The smallest absolute Gasteiger partial charge is 0.370 e. The van der Waals surface area contributed by atoms with E-state index in [0.29, 0.717) is 5.69 Å². The van der Waals surface area contributed by atoms with Crippen molar-refractivity contribution in [3.8, 4) is 16.8 Å². The average Bonchev–Trinajstić information content (AvgIpc) is 3.18. The molecule has 1 fully saturated rings. The molecule has 4 nitrogen and oxygen atoms in total. The lowest BCUT2D eigenvalue weighted by atomic mass is 10.1. The molecule has 0 atom stereocenters. The Morgan fingerprint density at radius 3 is 2.19 bits per heavy atom. The highest BCUT2D eigenvalue weighted by molar-refractivity contribution is 7.99. The molecule has 1 aromatic carbocycles. The Labute approximate surface area is 159 Å². The van der Waals surface area contributed by atoms with E-state index in [1.807, 2.05) is 23.9 Å². The van der Waals surface area contributed by atoms with Crippen LogP contribution in [0.4, 0.5) is 18.9 Å². The molecule has 0 amide bonds. The van der Waals surface area contributed by atoms with Crippen LogP contribution in [0.5, 0.6) is 0 Å². The zero-order valence-corrected chi connectivity index (χ0v) is 15.2. The summed E-state index contributed by atoms with van der Waals surface area (Å²) in [5, 5.41) is 4.25. The molecule has 0 bridgehead atoms. The zero-order valence-electron chi connectivity index (χ0n) is 14.4. The summed E-state index contributed by atoms with van der Waals surface area (Å²) in [6.45, 7) is 2.12. The second-order valence-corrected chi connectivity index (χ2v) is 7.44. The first-order chi connectivity index (χ1) is 13.0. The molecule has 2 aromatic heterocycles. The molecule has 0 unspecified atom stereocenters. The highest BCUT2D eigenvalue weighted by atomic mass is 32.2. The van der Waals surface area contributed by atoms with Crippen LogP contribution in [0.3, 0.4) is 0 Å². The van der Waals surface area contributed by atoms with Gasteiger partial charge in [-0.25, -0.2) is 9.67 Å². The van der Waals surface area contributed by atoms with Crippen LogP contribution in [0.2, 0.25) is 0 Å². The predicted molar refractivity (Wildman–Crippen MR) is 101 cm³/mol. The SMILES string of the molecule is FC(F)(F)c1ccc(-n2cc(-c3ccc(N4CCSCC4)cc3)cn2)cn1. The van der Waals surface area contributed by atoms with E-state index in [2.05, 4.69) is 27.1 Å². The number of hydrogen-bond donors (Lipinski definition) is 0. The molecule has 1 saturated heterocycles. The molecule has 3 heterocycles. The second-order valence-electron chi connectivity index (χ2n) is 6.22. The number of anilines is 1. The van der Waals surface area contributed by atoms with Crippen LogP contribution in [0.1, 0.15) is 5.69 Å². The highest BCUT2D eigenvalue weighted by Gasteiger charge is 2.32. The number of benzene rings is 1. The normalized spacial score (nSPS) is 15.1. The van der Waals surface area contributed by atoms with Gasteiger partial charge < -0.3 is 4.90 Å². The summed E-state index contributed by atoms with van der Waals surface area (Å²) in [6.07, 6.45) is 0.223. The van der Waals surface area contributed by atoms with Crippen molar-refractivity contribution in [1.82, 2.24) is 14.8 Å². The van der Waals surface area contributed by atoms with Gasteiger partial charge in [-0.15, -0.1) is 0 Å². The fraction of sp³-hybridized carbons (Fsp3) is 0.263. The van der Waals surface area contributed by atoms with Gasteiger partial charge in [-0.2, -0.15) is 30.0 Å². The van der Waals surface area contributed by atoms with Gasteiger partial charge in [0.15, 0.2) is 0 Å². The number of rotatable bonds is 3. The molecular weight excluding hydrogens is 373 g/mol. The molecular formula is C19H17F3N4S. The lowest BCUT2D eigenvalue weighted by Crippen LogP contribution is -2.32. The van der Waals surface area contributed by atoms with E-state index in [9.17, 15) is 13.2 Å². The van der Waals surface area contributed by atoms with Crippen molar-refractivity contribution in [3.05, 3.63) is 60.7 Å². The van der Waals surface area contributed by atoms with Gasteiger partial charge in [-0.05, 0) is 29.8 Å². The molecule has 140 valence electrons. The third-order valence-corrected chi connectivity index (χ3v) is 5.40. The summed E-state index contributed by atoms with van der Waals surface area (Å²) in [5.41, 5.74) is 2.69. The summed E-state index contributed by atoms with van der Waals surface area (Å²) in [7, 11) is 0. The fourth-order valence-corrected chi connectivity index (χ4v) is 3.89. The van der Waals surface area contributed by atoms with E-state index >= 15 is 0 Å². The lowest BCUT2D eigenvalue weighted by Gasteiger charge is -2.28. The van der Waals surface area contributed by atoms with Crippen LogP contribution in [0, 0.1) is 0 Å². The number of thioether (sulfide) groups is 1. The summed E-state index contributed by atoms with van der Waals surface area (Å²) in [6, 6.07) is 10.6. The molecule has 1 aliphatic heterocycles. The average molecular weight is 390 g/mol. The molecule has 8 heteroatoms. The van der Waals surface area contributed by atoms with Crippen LogP contribution in [0.15, 0.2) is 55.0 Å². The first-order valence-electron chi connectivity index (χ1n) is 8.52. The number of nitrogens with zero attached hydrogens (tertiary/aromatic N) is 4. The van der Waals surface area contributed by atoms with Crippen molar-refractivity contribution in [2.45, 2.75) is 6.18 Å². The summed E-state index contributed by atoms with van der Waals surface area (Å²) in [5.74, 6) is 2.30. The first-order valence-corrected chi connectivity index (χ1v) is 9.67. The number of pyridine rings is 1. The van der Waals surface area contributed by atoms with Gasteiger partial charge in [-0.3, -0.25) is 0 Å². The van der Waals surface area contributed by atoms with Crippen molar-refractivity contribution in [2.75, 3.05) is 29.5 Å². The lowest BCUT2D eigenvalue weighted by molar-refractivity contribution is -0.141. The Bertz CT molecular complexity index is 898. The van der Waals surface area contributed by atoms with Crippen molar-refractivity contribution >= 4 is 17.4 Å². The largest absolute Gasteiger partial charge is 0.433 e. The monoisotopic (exact) mass is 390 g/mol. The predicted octanol–water partition coefficient (Wildman–Crippen LogP) is 4.51. The summed E-state index contributed by atoms with van der Waals surface area (Å²) >= 11 is 1.98. The van der Waals surface area contributed by atoms with Gasteiger partial charge in [0.25, 0.3) is 0 Å². The summed E-state index contributed by atoms with van der Waals surface area (Å²) in [4.78, 5) is 5.85. The molecule has 0 spiro atoms. The molecule has 0 N–H and O–H groups in total. The van der Waals surface area contributed by atoms with Crippen LogP contribution >= 0.6 is 11.8 Å². The van der Waals surface area contributed by atoms with Crippen LogP contribution in [-0.4, -0.2) is 39.4 Å². The van der Waals surface area contributed by atoms with Crippen molar-refractivity contribution in [1.29, 1.82) is 0 Å². The maximum Gasteiger partial charge on any atom is 0.433 e. The first kappa shape index (κ1) is 17.9. The maximum atomic E-state index is 12.6. The van der Waals surface area contributed by atoms with Gasteiger partial charge in [0.05, 0.1) is 18.1 Å². The Hall–Kier alpha value is -2.48. The highest BCUT2D eigenvalue weighted by Crippen LogP contribution is 2.28. The Balaban J connectivity index is 1.52. The van der Waals surface area contributed by atoms with Crippen molar-refractivity contribution < 1.29 is 13.2 Å². The molecule has 27 heavy (non-hydrogen) atoms. The van der Waals surface area contributed by atoms with E-state index in [1.165, 1.54) is 22.6 Å². The van der Waals surface area contributed by atoms with Gasteiger partial charge >= 0.3 is 6.18 Å². The van der Waals surface area contributed by atoms with Gasteiger partial charge in [0.2, 0.25) is 0 Å². The molecule has 4 rings (SSSR count). The fourth-order valence-electron chi connectivity index (χ4n) is 2.99. The summed E-state index contributed by atoms with van der Waals surface area (Å²) < 4.78 is 39.4. The molecule has 0 aliphatic carbocycles. The Morgan fingerprint density at radius 1 is 0.852 bits per heavy atom.